The number of hydrogen-bond donors (Lipinski definition) is 2. The highest BCUT2D eigenvalue weighted by Gasteiger charge is 2.21. The molecular weight excluding hydrogens is 308 g/mol. The summed E-state index contributed by atoms with van der Waals surface area (Å²) in [5, 5.41) is 5.95. The maximum absolute atomic E-state index is 12.0. The summed E-state index contributed by atoms with van der Waals surface area (Å²) in [7, 11) is 0. The van der Waals surface area contributed by atoms with Crippen LogP contribution in [0.3, 0.4) is 0 Å². The van der Waals surface area contributed by atoms with Crippen molar-refractivity contribution in [2.45, 2.75) is 13.8 Å². The molecule has 0 radical (unpaired) electrons. The molecule has 130 valence electrons. The molecule has 1 saturated heterocycles. The molecule has 0 atom stereocenters. The van der Waals surface area contributed by atoms with E-state index >= 15 is 0 Å². The minimum atomic E-state index is -0.194. The summed E-state index contributed by atoms with van der Waals surface area (Å²) in [4.78, 5) is 35.6. The smallest absolute Gasteiger partial charge is 0.246 e. The quantitative estimate of drug-likeness (QED) is 0.605. The van der Waals surface area contributed by atoms with Crippen LogP contribution in [-0.4, -0.2) is 71.8 Å². The number of nitrogens with one attached hydrogen (secondary N) is 2. The highest BCUT2D eigenvalue weighted by atomic mass is 16.2. The third kappa shape index (κ3) is 5.22. The molecule has 2 amide bonds. The summed E-state index contributed by atoms with van der Waals surface area (Å²) in [5.74, 6) is 0.593. The fourth-order valence-electron chi connectivity index (χ4n) is 2.44. The van der Waals surface area contributed by atoms with Gasteiger partial charge in [0, 0.05) is 45.8 Å². The first-order chi connectivity index (χ1) is 11.6. The van der Waals surface area contributed by atoms with Crippen LogP contribution in [0, 0.1) is 0 Å². The zero-order valence-corrected chi connectivity index (χ0v) is 14.2. The summed E-state index contributed by atoms with van der Waals surface area (Å²) < 4.78 is 0. The molecule has 0 bridgehead atoms. The van der Waals surface area contributed by atoms with Crippen LogP contribution < -0.4 is 10.6 Å². The Hall–Kier alpha value is -2.64. The van der Waals surface area contributed by atoms with Crippen LogP contribution in [0.25, 0.3) is 0 Å². The van der Waals surface area contributed by atoms with E-state index in [1.165, 1.54) is 0 Å². The summed E-state index contributed by atoms with van der Waals surface area (Å²) in [5.41, 5.74) is 0.651. The zero-order chi connectivity index (χ0) is 17.4. The molecule has 1 aromatic heterocycles. The monoisotopic (exact) mass is 332 g/mol. The average Bonchev–Trinajstić information content (AvgIpc) is 2.59. The third-order valence-electron chi connectivity index (χ3n) is 3.68. The number of guanidine groups is 1. The molecule has 0 aliphatic carbocycles. The Morgan fingerprint density at radius 1 is 1.25 bits per heavy atom. The van der Waals surface area contributed by atoms with Crippen LogP contribution >= 0.6 is 0 Å². The summed E-state index contributed by atoms with van der Waals surface area (Å²) in [6.07, 6.45) is 3.24. The number of anilines is 1. The average molecular weight is 332 g/mol. The molecule has 0 aromatic carbocycles. The van der Waals surface area contributed by atoms with Gasteiger partial charge in [-0.15, -0.1) is 0 Å². The molecule has 1 aliphatic rings. The van der Waals surface area contributed by atoms with Gasteiger partial charge in [-0.1, -0.05) is 0 Å². The first-order valence-corrected chi connectivity index (χ1v) is 8.08. The first-order valence-electron chi connectivity index (χ1n) is 8.08. The fourth-order valence-corrected chi connectivity index (χ4v) is 2.44. The predicted octanol–water partition coefficient (Wildman–Crippen LogP) is 0.150. The Balaban J connectivity index is 1.91. The molecule has 8 heteroatoms. The van der Waals surface area contributed by atoms with Gasteiger partial charge in [-0.3, -0.25) is 14.6 Å². The van der Waals surface area contributed by atoms with E-state index < -0.39 is 0 Å². The van der Waals surface area contributed by atoms with Gasteiger partial charge < -0.3 is 20.4 Å². The van der Waals surface area contributed by atoms with E-state index in [9.17, 15) is 9.59 Å². The van der Waals surface area contributed by atoms with Gasteiger partial charge in [-0.05, 0) is 19.1 Å². The molecule has 0 spiro atoms. The third-order valence-corrected chi connectivity index (χ3v) is 3.68. The number of piperazine rings is 1. The number of amides is 2. The number of nitrogens with zero attached hydrogens (tertiary/aromatic N) is 4. The SMILES string of the molecule is CCNC(=NCC(=O)Nc1cccnc1)N1CCN(C(C)=O)CC1. The number of pyridine rings is 1. The van der Waals surface area contributed by atoms with E-state index in [2.05, 4.69) is 25.5 Å². The van der Waals surface area contributed by atoms with E-state index in [1.54, 1.807) is 31.5 Å². The van der Waals surface area contributed by atoms with Crippen LogP contribution in [0.15, 0.2) is 29.5 Å². The number of carbonyl (C=O) groups excluding carboxylic acids is 2. The largest absolute Gasteiger partial charge is 0.357 e. The van der Waals surface area contributed by atoms with Crippen molar-refractivity contribution in [3.05, 3.63) is 24.5 Å². The van der Waals surface area contributed by atoms with Gasteiger partial charge in [0.2, 0.25) is 11.8 Å². The molecule has 2 N–H and O–H groups in total. The highest BCUT2D eigenvalue weighted by Crippen LogP contribution is 2.04. The predicted molar refractivity (Wildman–Crippen MR) is 92.7 cm³/mol. The molecule has 1 aliphatic heterocycles. The topological polar surface area (TPSA) is 89.9 Å². The normalized spacial score (nSPS) is 15.2. The van der Waals surface area contributed by atoms with Crippen LogP contribution in [0.4, 0.5) is 5.69 Å². The Labute approximate surface area is 141 Å². The van der Waals surface area contributed by atoms with E-state index in [4.69, 9.17) is 0 Å². The lowest BCUT2D eigenvalue weighted by atomic mass is 10.3. The van der Waals surface area contributed by atoms with Crippen molar-refractivity contribution >= 4 is 23.5 Å². The second kappa shape index (κ2) is 8.85. The lowest BCUT2D eigenvalue weighted by Crippen LogP contribution is -2.53. The maximum Gasteiger partial charge on any atom is 0.246 e. The molecule has 8 nitrogen and oxygen atoms in total. The Kier molecular flexibility index (Phi) is 6.53. The van der Waals surface area contributed by atoms with Gasteiger partial charge in [-0.2, -0.15) is 0 Å². The Morgan fingerprint density at radius 3 is 2.54 bits per heavy atom. The number of hydrogen-bond acceptors (Lipinski definition) is 4. The minimum Gasteiger partial charge on any atom is -0.357 e. The van der Waals surface area contributed by atoms with Crippen LogP contribution in [0.2, 0.25) is 0 Å². The van der Waals surface area contributed by atoms with Crippen molar-refractivity contribution in [1.82, 2.24) is 20.1 Å². The van der Waals surface area contributed by atoms with Crippen LogP contribution in [0.1, 0.15) is 13.8 Å². The van der Waals surface area contributed by atoms with Gasteiger partial charge in [0.15, 0.2) is 5.96 Å². The van der Waals surface area contributed by atoms with Crippen LogP contribution in [0.5, 0.6) is 0 Å². The van der Waals surface area contributed by atoms with E-state index in [0.717, 1.165) is 6.54 Å². The molecular formula is C16H24N6O2. The highest BCUT2D eigenvalue weighted by molar-refractivity contribution is 5.94. The van der Waals surface area contributed by atoms with E-state index in [1.807, 2.05) is 11.8 Å². The molecule has 0 unspecified atom stereocenters. The minimum absolute atomic E-state index is 0.0319. The van der Waals surface area contributed by atoms with Gasteiger partial charge in [-0.25, -0.2) is 4.99 Å². The lowest BCUT2D eigenvalue weighted by Gasteiger charge is -2.36. The van der Waals surface area contributed by atoms with Gasteiger partial charge in [0.05, 0.1) is 11.9 Å². The first kappa shape index (κ1) is 17.7. The summed E-state index contributed by atoms with van der Waals surface area (Å²) in [6, 6.07) is 3.54. The number of aromatic nitrogens is 1. The molecule has 0 saturated carbocycles. The van der Waals surface area contributed by atoms with E-state index in [0.29, 0.717) is 37.8 Å². The lowest BCUT2D eigenvalue weighted by molar-refractivity contribution is -0.130. The van der Waals surface area contributed by atoms with Crippen molar-refractivity contribution in [2.75, 3.05) is 44.6 Å². The van der Waals surface area contributed by atoms with Crippen molar-refractivity contribution in [1.29, 1.82) is 0 Å². The molecule has 24 heavy (non-hydrogen) atoms. The number of rotatable bonds is 4. The number of carbonyl (C=O) groups is 2. The maximum atomic E-state index is 12.0. The summed E-state index contributed by atoms with van der Waals surface area (Å²) in [6.45, 7) is 7.06. The second-order valence-electron chi connectivity index (χ2n) is 5.45. The zero-order valence-electron chi connectivity index (χ0n) is 14.2. The molecule has 2 heterocycles. The molecule has 2 rings (SSSR count). The molecule has 1 fully saturated rings. The Bertz CT molecular complexity index is 581. The van der Waals surface area contributed by atoms with Crippen LogP contribution in [-0.2, 0) is 9.59 Å². The fraction of sp³-hybridized carbons (Fsp3) is 0.500. The second-order valence-corrected chi connectivity index (χ2v) is 5.45. The van der Waals surface area contributed by atoms with Crippen molar-refractivity contribution < 1.29 is 9.59 Å². The molecule has 1 aromatic rings. The number of aliphatic imine (C=N–C) groups is 1. The standard InChI is InChI=1S/C16H24N6O2/c1-3-18-16(22-9-7-21(8-10-22)13(2)23)19-12-15(24)20-14-5-4-6-17-11-14/h4-6,11H,3,7-10,12H2,1-2H3,(H,18,19)(H,20,24). The van der Waals surface area contributed by atoms with E-state index in [-0.39, 0.29) is 18.4 Å². The van der Waals surface area contributed by atoms with Crippen molar-refractivity contribution in [2.24, 2.45) is 4.99 Å². The van der Waals surface area contributed by atoms with Crippen molar-refractivity contribution in [3.8, 4) is 0 Å². The van der Waals surface area contributed by atoms with Gasteiger partial charge in [0.25, 0.3) is 0 Å². The van der Waals surface area contributed by atoms with Crippen molar-refractivity contribution in [3.63, 3.8) is 0 Å². The van der Waals surface area contributed by atoms with Gasteiger partial charge in [0.1, 0.15) is 6.54 Å². The summed E-state index contributed by atoms with van der Waals surface area (Å²) >= 11 is 0. The van der Waals surface area contributed by atoms with Gasteiger partial charge >= 0.3 is 0 Å². The Morgan fingerprint density at radius 2 is 1.96 bits per heavy atom.